The number of anilines is 1. The normalized spacial score (nSPS) is 19.1. The molecule has 0 unspecified atom stereocenters. The van der Waals surface area contributed by atoms with Crippen molar-refractivity contribution in [2.24, 2.45) is 0 Å². The molecular formula is C11H15N3O3. The summed E-state index contributed by atoms with van der Waals surface area (Å²) in [6.45, 7) is 6.10. The first-order chi connectivity index (χ1) is 8.00. The molecule has 1 fully saturated rings. The molecule has 2 rings (SSSR count). The summed E-state index contributed by atoms with van der Waals surface area (Å²) in [6, 6.07) is 3.15. The van der Waals surface area contributed by atoms with Gasteiger partial charge in [0.25, 0.3) is 0 Å². The van der Waals surface area contributed by atoms with E-state index in [1.807, 2.05) is 0 Å². The molecule has 17 heavy (non-hydrogen) atoms. The number of carboxylic acids is 1. The molecule has 0 bridgehead atoms. The molecule has 1 aromatic heterocycles. The summed E-state index contributed by atoms with van der Waals surface area (Å²) in [5.41, 5.74) is -0.197. The number of rotatable bonds is 2. The number of hydrogen-bond acceptors (Lipinski definition) is 5. The molecule has 1 aliphatic rings. The van der Waals surface area contributed by atoms with E-state index in [9.17, 15) is 4.79 Å². The van der Waals surface area contributed by atoms with Crippen molar-refractivity contribution in [3.8, 4) is 0 Å². The van der Waals surface area contributed by atoms with Crippen molar-refractivity contribution in [3.05, 3.63) is 17.8 Å². The molecule has 0 atom stereocenters. The Morgan fingerprint density at radius 1 is 1.47 bits per heavy atom. The van der Waals surface area contributed by atoms with Crippen molar-refractivity contribution < 1.29 is 14.6 Å². The maximum atomic E-state index is 10.7. The fourth-order valence-electron chi connectivity index (χ4n) is 1.87. The fourth-order valence-corrected chi connectivity index (χ4v) is 1.87. The third-order valence-corrected chi connectivity index (χ3v) is 2.79. The van der Waals surface area contributed by atoms with Crippen molar-refractivity contribution in [2.75, 3.05) is 24.7 Å². The average molecular weight is 237 g/mol. The Kier molecular flexibility index (Phi) is 2.97. The zero-order valence-electron chi connectivity index (χ0n) is 9.88. The van der Waals surface area contributed by atoms with Gasteiger partial charge >= 0.3 is 5.97 Å². The Morgan fingerprint density at radius 3 is 2.76 bits per heavy atom. The second-order valence-electron chi connectivity index (χ2n) is 4.60. The smallest absolute Gasteiger partial charge is 0.356 e. The highest BCUT2D eigenvalue weighted by Crippen LogP contribution is 2.24. The van der Waals surface area contributed by atoms with Gasteiger partial charge in [-0.15, -0.1) is 10.2 Å². The zero-order chi connectivity index (χ0) is 12.5. The predicted molar refractivity (Wildman–Crippen MR) is 61.2 cm³/mol. The van der Waals surface area contributed by atoms with Gasteiger partial charge in [0.1, 0.15) is 0 Å². The summed E-state index contributed by atoms with van der Waals surface area (Å²) in [5.74, 6) is -0.381. The third-order valence-electron chi connectivity index (χ3n) is 2.79. The van der Waals surface area contributed by atoms with Crippen molar-refractivity contribution in [1.82, 2.24) is 10.2 Å². The van der Waals surface area contributed by atoms with Crippen LogP contribution >= 0.6 is 0 Å². The molecule has 0 aliphatic carbocycles. The van der Waals surface area contributed by atoms with Crippen LogP contribution in [0.2, 0.25) is 0 Å². The van der Waals surface area contributed by atoms with Crippen LogP contribution in [0.15, 0.2) is 12.1 Å². The second-order valence-corrected chi connectivity index (χ2v) is 4.60. The van der Waals surface area contributed by atoms with Gasteiger partial charge in [0.05, 0.1) is 18.8 Å². The number of nitrogens with zero attached hydrogens (tertiary/aromatic N) is 3. The molecule has 6 nitrogen and oxygen atoms in total. The lowest BCUT2D eigenvalue weighted by atomic mass is 10.0. The number of carboxylic acid groups (broad SMARTS) is 1. The summed E-state index contributed by atoms with van der Waals surface area (Å²) >= 11 is 0. The van der Waals surface area contributed by atoms with Gasteiger partial charge in [-0.1, -0.05) is 0 Å². The minimum absolute atomic E-state index is 0.0418. The number of hydrogen-bond donors (Lipinski definition) is 1. The van der Waals surface area contributed by atoms with Gasteiger partial charge in [-0.25, -0.2) is 4.79 Å². The highest BCUT2D eigenvalue weighted by molar-refractivity contribution is 5.85. The van der Waals surface area contributed by atoms with Crippen LogP contribution in [0.1, 0.15) is 24.3 Å². The van der Waals surface area contributed by atoms with Crippen molar-refractivity contribution >= 4 is 11.8 Å². The van der Waals surface area contributed by atoms with Gasteiger partial charge in [0.2, 0.25) is 0 Å². The largest absolute Gasteiger partial charge is 0.476 e. The van der Waals surface area contributed by atoms with E-state index in [1.54, 1.807) is 6.07 Å². The minimum atomic E-state index is -1.06. The Balaban J connectivity index is 2.24. The standard InChI is InChI=1S/C11H15N3O3/c1-11(2)7-17-6-5-14(11)9-4-3-8(10(15)16)12-13-9/h3-4H,5-7H2,1-2H3,(H,15,16). The summed E-state index contributed by atoms with van der Waals surface area (Å²) in [6.07, 6.45) is 0. The summed E-state index contributed by atoms with van der Waals surface area (Å²) < 4.78 is 5.41. The first-order valence-electron chi connectivity index (χ1n) is 5.43. The van der Waals surface area contributed by atoms with Crippen LogP contribution < -0.4 is 4.90 Å². The molecule has 0 saturated carbocycles. The van der Waals surface area contributed by atoms with E-state index in [4.69, 9.17) is 9.84 Å². The molecule has 6 heteroatoms. The lowest BCUT2D eigenvalue weighted by molar-refractivity contribution is 0.0636. The van der Waals surface area contributed by atoms with Crippen LogP contribution in [-0.2, 0) is 4.74 Å². The molecule has 2 heterocycles. The van der Waals surface area contributed by atoms with Gasteiger partial charge < -0.3 is 14.7 Å². The van der Waals surface area contributed by atoms with E-state index in [0.717, 1.165) is 6.54 Å². The van der Waals surface area contributed by atoms with E-state index in [-0.39, 0.29) is 11.2 Å². The van der Waals surface area contributed by atoms with Crippen molar-refractivity contribution in [3.63, 3.8) is 0 Å². The Bertz CT molecular complexity index is 416. The first kappa shape index (κ1) is 11.8. The van der Waals surface area contributed by atoms with Crippen LogP contribution in [0.5, 0.6) is 0 Å². The Labute approximate surface area is 99.2 Å². The maximum Gasteiger partial charge on any atom is 0.356 e. The highest BCUT2D eigenvalue weighted by Gasteiger charge is 2.31. The fraction of sp³-hybridized carbons (Fsp3) is 0.545. The molecule has 1 aliphatic heterocycles. The van der Waals surface area contributed by atoms with Crippen molar-refractivity contribution in [1.29, 1.82) is 0 Å². The SMILES string of the molecule is CC1(C)COCCN1c1ccc(C(=O)O)nn1. The van der Waals surface area contributed by atoms with Crippen LogP contribution in [0.4, 0.5) is 5.82 Å². The van der Waals surface area contributed by atoms with E-state index in [0.29, 0.717) is 19.0 Å². The summed E-state index contributed by atoms with van der Waals surface area (Å²) in [7, 11) is 0. The molecule has 0 radical (unpaired) electrons. The third kappa shape index (κ3) is 2.36. The maximum absolute atomic E-state index is 10.7. The number of aromatic nitrogens is 2. The highest BCUT2D eigenvalue weighted by atomic mass is 16.5. The quantitative estimate of drug-likeness (QED) is 0.819. The van der Waals surface area contributed by atoms with Gasteiger partial charge in [0, 0.05) is 6.54 Å². The Morgan fingerprint density at radius 2 is 2.24 bits per heavy atom. The van der Waals surface area contributed by atoms with E-state index < -0.39 is 5.97 Å². The van der Waals surface area contributed by atoms with Gasteiger partial charge in [0.15, 0.2) is 11.5 Å². The van der Waals surface area contributed by atoms with E-state index in [1.165, 1.54) is 6.07 Å². The molecule has 92 valence electrons. The average Bonchev–Trinajstić information content (AvgIpc) is 2.28. The molecule has 0 aromatic carbocycles. The number of ether oxygens (including phenoxy) is 1. The topological polar surface area (TPSA) is 75.5 Å². The van der Waals surface area contributed by atoms with Gasteiger partial charge in [-0.3, -0.25) is 0 Å². The Hall–Kier alpha value is -1.69. The van der Waals surface area contributed by atoms with Crippen LogP contribution in [0.25, 0.3) is 0 Å². The molecule has 1 N–H and O–H groups in total. The molecule has 0 amide bonds. The van der Waals surface area contributed by atoms with Crippen molar-refractivity contribution in [2.45, 2.75) is 19.4 Å². The number of morpholine rings is 1. The molecule has 0 spiro atoms. The molecular weight excluding hydrogens is 222 g/mol. The molecule has 1 aromatic rings. The second kappa shape index (κ2) is 4.29. The summed E-state index contributed by atoms with van der Waals surface area (Å²) in [4.78, 5) is 12.8. The molecule has 1 saturated heterocycles. The lowest BCUT2D eigenvalue weighted by Gasteiger charge is -2.42. The monoisotopic (exact) mass is 237 g/mol. The van der Waals surface area contributed by atoms with Gasteiger partial charge in [-0.05, 0) is 26.0 Å². The first-order valence-corrected chi connectivity index (χ1v) is 5.43. The van der Waals surface area contributed by atoms with E-state index >= 15 is 0 Å². The lowest BCUT2D eigenvalue weighted by Crippen LogP contribution is -2.53. The number of aromatic carboxylic acids is 1. The van der Waals surface area contributed by atoms with Crippen LogP contribution in [0, 0.1) is 0 Å². The van der Waals surface area contributed by atoms with E-state index in [2.05, 4.69) is 28.9 Å². The summed E-state index contributed by atoms with van der Waals surface area (Å²) in [5, 5.41) is 16.4. The van der Waals surface area contributed by atoms with Crippen LogP contribution in [-0.4, -0.2) is 46.6 Å². The predicted octanol–water partition coefficient (Wildman–Crippen LogP) is 0.790. The number of carbonyl (C=O) groups is 1. The minimum Gasteiger partial charge on any atom is -0.476 e. The van der Waals surface area contributed by atoms with Crippen LogP contribution in [0.3, 0.4) is 0 Å². The van der Waals surface area contributed by atoms with Gasteiger partial charge in [-0.2, -0.15) is 0 Å². The zero-order valence-corrected chi connectivity index (χ0v) is 9.88.